The van der Waals surface area contributed by atoms with E-state index in [0.29, 0.717) is 12.1 Å². The van der Waals surface area contributed by atoms with Crippen LogP contribution >= 0.6 is 15.9 Å². The molecule has 106 valence electrons. The van der Waals surface area contributed by atoms with E-state index in [2.05, 4.69) is 58.2 Å². The number of nitrogens with one attached hydrogen (secondary N) is 1. The first-order chi connectivity index (χ1) is 9.15. The van der Waals surface area contributed by atoms with Crippen LogP contribution in [0.4, 0.5) is 5.69 Å². The molecule has 2 rings (SSSR count). The molecule has 1 heterocycles. The molecule has 1 aliphatic heterocycles. The van der Waals surface area contributed by atoms with Gasteiger partial charge in [-0.25, -0.2) is 0 Å². The SMILES string of the molecule is CCNC(C)c1ccc(Br)cc1N1CCC(OC)C1. The summed E-state index contributed by atoms with van der Waals surface area (Å²) in [5.74, 6) is 0. The molecular weight excluding hydrogens is 304 g/mol. The van der Waals surface area contributed by atoms with Crippen molar-refractivity contribution in [3.8, 4) is 0 Å². The van der Waals surface area contributed by atoms with Gasteiger partial charge in [0.25, 0.3) is 0 Å². The van der Waals surface area contributed by atoms with Crippen LogP contribution in [0.5, 0.6) is 0 Å². The number of rotatable bonds is 5. The number of hydrogen-bond donors (Lipinski definition) is 1. The van der Waals surface area contributed by atoms with Crippen LogP contribution in [0.25, 0.3) is 0 Å². The molecule has 1 aliphatic rings. The summed E-state index contributed by atoms with van der Waals surface area (Å²) in [4.78, 5) is 2.43. The summed E-state index contributed by atoms with van der Waals surface area (Å²) in [7, 11) is 1.80. The smallest absolute Gasteiger partial charge is 0.0762 e. The van der Waals surface area contributed by atoms with Crippen LogP contribution in [0.15, 0.2) is 22.7 Å². The van der Waals surface area contributed by atoms with Crippen molar-refractivity contribution in [2.24, 2.45) is 0 Å². The molecule has 0 aromatic heterocycles. The van der Waals surface area contributed by atoms with Gasteiger partial charge in [0.1, 0.15) is 0 Å². The molecule has 0 radical (unpaired) electrons. The number of halogens is 1. The van der Waals surface area contributed by atoms with Crippen molar-refractivity contribution in [1.29, 1.82) is 0 Å². The van der Waals surface area contributed by atoms with E-state index < -0.39 is 0 Å². The fourth-order valence-corrected chi connectivity index (χ4v) is 3.06. The zero-order valence-corrected chi connectivity index (χ0v) is 13.5. The lowest BCUT2D eigenvalue weighted by Gasteiger charge is -2.25. The number of hydrogen-bond acceptors (Lipinski definition) is 3. The molecule has 2 unspecified atom stereocenters. The van der Waals surface area contributed by atoms with Crippen molar-refractivity contribution in [3.05, 3.63) is 28.2 Å². The van der Waals surface area contributed by atoms with Gasteiger partial charge in [-0.1, -0.05) is 28.9 Å². The maximum Gasteiger partial charge on any atom is 0.0762 e. The zero-order valence-electron chi connectivity index (χ0n) is 11.9. The maximum atomic E-state index is 5.47. The Balaban J connectivity index is 2.25. The van der Waals surface area contributed by atoms with Crippen LogP contribution in [-0.2, 0) is 4.74 Å². The summed E-state index contributed by atoms with van der Waals surface area (Å²) in [5.41, 5.74) is 2.68. The van der Waals surface area contributed by atoms with E-state index in [1.165, 1.54) is 11.3 Å². The second kappa shape index (κ2) is 6.73. The Bertz CT molecular complexity index is 425. The van der Waals surface area contributed by atoms with Gasteiger partial charge in [-0.2, -0.15) is 0 Å². The normalized spacial score (nSPS) is 20.8. The van der Waals surface area contributed by atoms with E-state index >= 15 is 0 Å². The van der Waals surface area contributed by atoms with E-state index in [9.17, 15) is 0 Å². The van der Waals surface area contributed by atoms with Gasteiger partial charge in [0.15, 0.2) is 0 Å². The van der Waals surface area contributed by atoms with E-state index in [4.69, 9.17) is 4.74 Å². The van der Waals surface area contributed by atoms with Crippen molar-refractivity contribution < 1.29 is 4.74 Å². The van der Waals surface area contributed by atoms with Crippen molar-refractivity contribution in [2.75, 3.05) is 31.6 Å². The largest absolute Gasteiger partial charge is 0.380 e. The predicted octanol–water partition coefficient (Wildman–Crippen LogP) is 3.34. The molecule has 1 aromatic carbocycles. The minimum Gasteiger partial charge on any atom is -0.380 e. The number of nitrogens with zero attached hydrogens (tertiary/aromatic N) is 1. The molecule has 1 N–H and O–H groups in total. The third-order valence-corrected chi connectivity index (χ3v) is 4.28. The van der Waals surface area contributed by atoms with Crippen LogP contribution < -0.4 is 10.2 Å². The molecule has 1 aromatic rings. The number of benzene rings is 1. The maximum absolute atomic E-state index is 5.47. The van der Waals surface area contributed by atoms with Gasteiger partial charge >= 0.3 is 0 Å². The molecule has 0 saturated carbocycles. The second-order valence-corrected chi connectivity index (χ2v) is 5.99. The Kier molecular flexibility index (Phi) is 5.25. The average Bonchev–Trinajstić information content (AvgIpc) is 2.87. The molecule has 19 heavy (non-hydrogen) atoms. The molecule has 3 nitrogen and oxygen atoms in total. The highest BCUT2D eigenvalue weighted by molar-refractivity contribution is 9.10. The van der Waals surface area contributed by atoms with Gasteiger partial charge < -0.3 is 15.0 Å². The highest BCUT2D eigenvalue weighted by Gasteiger charge is 2.25. The first kappa shape index (κ1) is 14.8. The topological polar surface area (TPSA) is 24.5 Å². The Labute approximate surface area is 124 Å². The first-order valence-corrected chi connectivity index (χ1v) is 7.75. The van der Waals surface area contributed by atoms with Crippen LogP contribution in [-0.4, -0.2) is 32.8 Å². The summed E-state index contributed by atoms with van der Waals surface area (Å²) >= 11 is 3.59. The van der Waals surface area contributed by atoms with Crippen molar-refractivity contribution in [2.45, 2.75) is 32.4 Å². The van der Waals surface area contributed by atoms with Gasteiger partial charge in [-0.05, 0) is 37.6 Å². The molecule has 0 bridgehead atoms. The Hall–Kier alpha value is -0.580. The van der Waals surface area contributed by atoms with Crippen LogP contribution in [0, 0.1) is 0 Å². The second-order valence-electron chi connectivity index (χ2n) is 5.07. The van der Waals surface area contributed by atoms with Gasteiger partial charge in [-0.3, -0.25) is 0 Å². The van der Waals surface area contributed by atoms with Crippen LogP contribution in [0.1, 0.15) is 31.9 Å². The average molecular weight is 327 g/mol. The Morgan fingerprint density at radius 3 is 2.95 bits per heavy atom. The van der Waals surface area contributed by atoms with Crippen LogP contribution in [0.3, 0.4) is 0 Å². The Morgan fingerprint density at radius 2 is 2.32 bits per heavy atom. The van der Waals surface area contributed by atoms with Crippen molar-refractivity contribution in [1.82, 2.24) is 5.32 Å². The lowest BCUT2D eigenvalue weighted by atomic mass is 10.1. The Morgan fingerprint density at radius 1 is 1.53 bits per heavy atom. The van der Waals surface area contributed by atoms with Gasteiger partial charge in [0, 0.05) is 36.4 Å². The van der Waals surface area contributed by atoms with E-state index in [1.807, 2.05) is 0 Å². The molecule has 0 spiro atoms. The molecule has 4 heteroatoms. The van der Waals surface area contributed by atoms with Gasteiger partial charge in [0.05, 0.1) is 6.10 Å². The molecule has 0 amide bonds. The molecule has 1 fully saturated rings. The van der Waals surface area contributed by atoms with E-state index in [1.54, 1.807) is 7.11 Å². The minimum absolute atomic E-state index is 0.362. The predicted molar refractivity (Wildman–Crippen MR) is 83.9 cm³/mol. The third-order valence-electron chi connectivity index (χ3n) is 3.79. The fraction of sp³-hybridized carbons (Fsp3) is 0.600. The first-order valence-electron chi connectivity index (χ1n) is 6.96. The highest BCUT2D eigenvalue weighted by atomic mass is 79.9. The minimum atomic E-state index is 0.362. The van der Waals surface area contributed by atoms with Crippen molar-refractivity contribution in [3.63, 3.8) is 0 Å². The third kappa shape index (κ3) is 3.50. The zero-order chi connectivity index (χ0) is 13.8. The quantitative estimate of drug-likeness (QED) is 0.898. The summed E-state index contributed by atoms with van der Waals surface area (Å²) < 4.78 is 6.61. The monoisotopic (exact) mass is 326 g/mol. The van der Waals surface area contributed by atoms with Gasteiger partial charge in [-0.15, -0.1) is 0 Å². The fourth-order valence-electron chi connectivity index (χ4n) is 2.71. The lowest BCUT2D eigenvalue weighted by Crippen LogP contribution is -2.26. The summed E-state index contributed by atoms with van der Waals surface area (Å²) in [6.07, 6.45) is 1.47. The standard InChI is InChI=1S/C15H23BrN2O/c1-4-17-11(2)14-6-5-12(16)9-15(14)18-8-7-13(10-18)19-3/h5-6,9,11,13,17H,4,7-8,10H2,1-3H3. The van der Waals surface area contributed by atoms with Gasteiger partial charge in [0.2, 0.25) is 0 Å². The van der Waals surface area contributed by atoms with Crippen molar-refractivity contribution >= 4 is 21.6 Å². The summed E-state index contributed by atoms with van der Waals surface area (Å²) in [6.45, 7) is 7.41. The highest BCUT2D eigenvalue weighted by Crippen LogP contribution is 2.32. The molecule has 0 aliphatic carbocycles. The summed E-state index contributed by atoms with van der Waals surface area (Å²) in [5, 5.41) is 3.50. The number of ether oxygens (including phenoxy) is 1. The number of methoxy groups -OCH3 is 1. The van der Waals surface area contributed by atoms with E-state index in [-0.39, 0.29) is 0 Å². The lowest BCUT2D eigenvalue weighted by molar-refractivity contribution is 0.121. The van der Waals surface area contributed by atoms with E-state index in [0.717, 1.165) is 30.5 Å². The summed E-state index contributed by atoms with van der Waals surface area (Å²) in [6, 6.07) is 6.93. The molecule has 1 saturated heterocycles. The number of anilines is 1. The van der Waals surface area contributed by atoms with Crippen LogP contribution in [0.2, 0.25) is 0 Å². The molecular formula is C15H23BrN2O. The molecule has 2 atom stereocenters.